The molecular formula is C17H26IN7. The van der Waals surface area contributed by atoms with Crippen molar-refractivity contribution in [2.75, 3.05) is 33.2 Å². The first kappa shape index (κ1) is 19.6. The normalized spacial score (nSPS) is 15.8. The lowest BCUT2D eigenvalue weighted by Crippen LogP contribution is -2.52. The highest BCUT2D eigenvalue weighted by Crippen LogP contribution is 2.08. The molecule has 1 aliphatic heterocycles. The monoisotopic (exact) mass is 455 g/mol. The van der Waals surface area contributed by atoms with Crippen LogP contribution in [0.2, 0.25) is 0 Å². The summed E-state index contributed by atoms with van der Waals surface area (Å²) >= 11 is 0. The minimum absolute atomic E-state index is 0. The van der Waals surface area contributed by atoms with E-state index in [0.29, 0.717) is 6.54 Å². The highest BCUT2D eigenvalue weighted by atomic mass is 127. The van der Waals surface area contributed by atoms with Gasteiger partial charge in [0.15, 0.2) is 11.8 Å². The Balaban J connectivity index is 0.00000225. The van der Waals surface area contributed by atoms with Gasteiger partial charge in [-0.3, -0.25) is 9.89 Å². The van der Waals surface area contributed by atoms with Crippen molar-refractivity contribution in [1.29, 1.82) is 0 Å². The minimum Gasteiger partial charge on any atom is -0.349 e. The summed E-state index contributed by atoms with van der Waals surface area (Å²) in [6.45, 7) is 5.68. The molecule has 1 aliphatic rings. The maximum Gasteiger partial charge on any atom is 0.194 e. The number of hydrogen-bond acceptors (Lipinski definition) is 4. The highest BCUT2D eigenvalue weighted by molar-refractivity contribution is 14.0. The fourth-order valence-electron chi connectivity index (χ4n) is 2.92. The molecular weight excluding hydrogens is 429 g/mol. The quantitative estimate of drug-likeness (QED) is 0.428. The number of benzene rings is 1. The first-order chi connectivity index (χ1) is 11.8. The summed E-state index contributed by atoms with van der Waals surface area (Å²) < 4.78 is 1.91. The summed E-state index contributed by atoms with van der Waals surface area (Å²) in [4.78, 5) is 9.20. The van der Waals surface area contributed by atoms with E-state index in [1.807, 2.05) is 18.7 Å². The van der Waals surface area contributed by atoms with Gasteiger partial charge < -0.3 is 14.8 Å². The van der Waals surface area contributed by atoms with Gasteiger partial charge in [0, 0.05) is 46.8 Å². The van der Waals surface area contributed by atoms with Crippen molar-refractivity contribution in [2.45, 2.75) is 13.1 Å². The average Bonchev–Trinajstić information content (AvgIpc) is 3.03. The molecule has 0 spiro atoms. The van der Waals surface area contributed by atoms with Crippen molar-refractivity contribution in [3.8, 4) is 0 Å². The molecule has 136 valence electrons. The van der Waals surface area contributed by atoms with Crippen LogP contribution in [0.1, 0.15) is 11.4 Å². The molecule has 0 saturated carbocycles. The number of aliphatic imine (C=N–C) groups is 1. The first-order valence-electron chi connectivity index (χ1n) is 8.31. The van der Waals surface area contributed by atoms with Crippen molar-refractivity contribution in [1.82, 2.24) is 29.9 Å². The van der Waals surface area contributed by atoms with Gasteiger partial charge in [-0.25, -0.2) is 0 Å². The van der Waals surface area contributed by atoms with E-state index in [1.165, 1.54) is 5.56 Å². The summed E-state index contributed by atoms with van der Waals surface area (Å²) in [5.41, 5.74) is 1.37. The van der Waals surface area contributed by atoms with Crippen LogP contribution in [-0.2, 0) is 20.1 Å². The summed E-state index contributed by atoms with van der Waals surface area (Å²) in [5, 5.41) is 11.4. The van der Waals surface area contributed by atoms with Gasteiger partial charge >= 0.3 is 0 Å². The largest absolute Gasteiger partial charge is 0.349 e. The third-order valence-corrected chi connectivity index (χ3v) is 4.34. The number of nitrogens with zero attached hydrogens (tertiary/aromatic N) is 6. The van der Waals surface area contributed by atoms with Crippen molar-refractivity contribution in [2.24, 2.45) is 12.0 Å². The van der Waals surface area contributed by atoms with Crippen LogP contribution in [0.15, 0.2) is 41.7 Å². The van der Waals surface area contributed by atoms with Crippen LogP contribution in [0.4, 0.5) is 0 Å². The van der Waals surface area contributed by atoms with Gasteiger partial charge in [-0.2, -0.15) is 0 Å². The maximum atomic E-state index is 4.41. The molecule has 0 atom stereocenters. The smallest absolute Gasteiger partial charge is 0.194 e. The standard InChI is InChI=1S/C17H25N7.HI/c1-18-17(19-12-16-21-20-14-22(16)2)24-10-8-23(9-11-24)13-15-6-4-3-5-7-15;/h3-7,14H,8-13H2,1-2H3,(H,18,19);1H. The second-order valence-corrected chi connectivity index (χ2v) is 6.01. The van der Waals surface area contributed by atoms with E-state index in [9.17, 15) is 0 Å². The molecule has 2 aromatic rings. The van der Waals surface area contributed by atoms with Crippen LogP contribution in [0.3, 0.4) is 0 Å². The van der Waals surface area contributed by atoms with Crippen LogP contribution < -0.4 is 5.32 Å². The number of guanidine groups is 1. The van der Waals surface area contributed by atoms with Crippen LogP contribution in [-0.4, -0.2) is 63.8 Å². The SMILES string of the molecule is CN=C(NCc1nncn1C)N1CCN(Cc2ccccc2)CC1.I. The van der Waals surface area contributed by atoms with E-state index >= 15 is 0 Å². The number of rotatable bonds is 4. The molecule has 8 heteroatoms. The van der Waals surface area contributed by atoms with E-state index in [2.05, 4.69) is 60.6 Å². The Morgan fingerprint density at radius 1 is 1.16 bits per heavy atom. The fraction of sp³-hybridized carbons (Fsp3) is 0.471. The van der Waals surface area contributed by atoms with E-state index in [1.54, 1.807) is 6.33 Å². The zero-order valence-corrected chi connectivity index (χ0v) is 17.1. The number of hydrogen-bond donors (Lipinski definition) is 1. The number of halogens is 1. The number of aryl methyl sites for hydroxylation is 1. The molecule has 0 radical (unpaired) electrons. The van der Waals surface area contributed by atoms with Gasteiger partial charge in [0.2, 0.25) is 0 Å². The van der Waals surface area contributed by atoms with Gasteiger partial charge in [0.05, 0.1) is 6.54 Å². The Labute approximate surface area is 166 Å². The number of aromatic nitrogens is 3. The molecule has 1 aromatic heterocycles. The Bertz CT molecular complexity index is 663. The summed E-state index contributed by atoms with van der Waals surface area (Å²) in [7, 11) is 3.78. The predicted molar refractivity (Wildman–Crippen MR) is 110 cm³/mol. The van der Waals surface area contributed by atoms with E-state index in [4.69, 9.17) is 0 Å². The van der Waals surface area contributed by atoms with Crippen LogP contribution >= 0.6 is 24.0 Å². The molecule has 25 heavy (non-hydrogen) atoms. The lowest BCUT2D eigenvalue weighted by atomic mass is 10.2. The van der Waals surface area contributed by atoms with Gasteiger partial charge in [-0.15, -0.1) is 34.2 Å². The van der Waals surface area contributed by atoms with E-state index < -0.39 is 0 Å². The topological polar surface area (TPSA) is 61.6 Å². The first-order valence-corrected chi connectivity index (χ1v) is 8.31. The van der Waals surface area contributed by atoms with Crippen LogP contribution in [0.25, 0.3) is 0 Å². The zero-order chi connectivity index (χ0) is 16.8. The Morgan fingerprint density at radius 3 is 2.48 bits per heavy atom. The van der Waals surface area contributed by atoms with Crippen molar-refractivity contribution in [3.05, 3.63) is 48.0 Å². The van der Waals surface area contributed by atoms with Gasteiger partial charge in [-0.1, -0.05) is 30.3 Å². The third-order valence-electron chi connectivity index (χ3n) is 4.34. The second kappa shape index (κ2) is 9.71. The number of nitrogens with one attached hydrogen (secondary N) is 1. The maximum absolute atomic E-state index is 4.41. The Hall–Kier alpha value is -1.68. The molecule has 1 saturated heterocycles. The van der Waals surface area contributed by atoms with Crippen molar-refractivity contribution in [3.63, 3.8) is 0 Å². The summed E-state index contributed by atoms with van der Waals surface area (Å²) in [5.74, 6) is 1.83. The molecule has 1 aromatic carbocycles. The Kier molecular flexibility index (Phi) is 7.63. The fourth-order valence-corrected chi connectivity index (χ4v) is 2.92. The van der Waals surface area contributed by atoms with Gasteiger partial charge in [0.1, 0.15) is 6.33 Å². The summed E-state index contributed by atoms with van der Waals surface area (Å²) in [6.07, 6.45) is 1.71. The Morgan fingerprint density at radius 2 is 1.88 bits per heavy atom. The lowest BCUT2D eigenvalue weighted by Gasteiger charge is -2.36. The van der Waals surface area contributed by atoms with E-state index in [-0.39, 0.29) is 24.0 Å². The molecule has 0 amide bonds. The number of piperazine rings is 1. The van der Waals surface area contributed by atoms with Crippen LogP contribution in [0.5, 0.6) is 0 Å². The minimum atomic E-state index is 0. The average molecular weight is 455 g/mol. The highest BCUT2D eigenvalue weighted by Gasteiger charge is 2.19. The second-order valence-electron chi connectivity index (χ2n) is 6.01. The molecule has 1 fully saturated rings. The van der Waals surface area contributed by atoms with Gasteiger partial charge in [0.25, 0.3) is 0 Å². The zero-order valence-electron chi connectivity index (χ0n) is 14.8. The van der Waals surface area contributed by atoms with Gasteiger partial charge in [-0.05, 0) is 5.56 Å². The molecule has 0 unspecified atom stereocenters. The third kappa shape index (κ3) is 5.40. The molecule has 2 heterocycles. The van der Waals surface area contributed by atoms with Crippen molar-refractivity contribution < 1.29 is 0 Å². The van der Waals surface area contributed by atoms with E-state index in [0.717, 1.165) is 44.5 Å². The molecule has 7 nitrogen and oxygen atoms in total. The molecule has 0 bridgehead atoms. The summed E-state index contributed by atoms with van der Waals surface area (Å²) in [6, 6.07) is 10.6. The van der Waals surface area contributed by atoms with Crippen LogP contribution in [0, 0.1) is 0 Å². The molecule has 0 aliphatic carbocycles. The lowest BCUT2D eigenvalue weighted by molar-refractivity contribution is 0.172. The van der Waals surface area contributed by atoms with Crippen molar-refractivity contribution >= 4 is 29.9 Å². The molecule has 1 N–H and O–H groups in total. The molecule has 3 rings (SSSR count). The predicted octanol–water partition coefficient (Wildman–Crippen LogP) is 1.33.